The summed E-state index contributed by atoms with van der Waals surface area (Å²) in [6.07, 6.45) is 22.3. The van der Waals surface area contributed by atoms with Gasteiger partial charge in [-0.05, 0) is 30.7 Å². The van der Waals surface area contributed by atoms with E-state index in [1.807, 2.05) is 0 Å². The van der Waals surface area contributed by atoms with Gasteiger partial charge in [-0.2, -0.15) is 0 Å². The first-order valence-corrected chi connectivity index (χ1v) is 13.0. The van der Waals surface area contributed by atoms with Crippen molar-refractivity contribution in [3.05, 3.63) is 36.4 Å². The maximum atomic E-state index is 12.0. The molecule has 0 spiro atoms. The number of hydrogen-bond donors (Lipinski definition) is 0. The zero-order chi connectivity index (χ0) is 23.7. The van der Waals surface area contributed by atoms with Crippen molar-refractivity contribution in [2.45, 2.75) is 110 Å². The molecule has 0 radical (unpaired) electrons. The number of benzene rings is 1. The van der Waals surface area contributed by atoms with Crippen LogP contribution in [0.3, 0.4) is 0 Å². The molecule has 33 heavy (non-hydrogen) atoms. The molecule has 0 atom stereocenters. The molecule has 1 aliphatic heterocycles. The van der Waals surface area contributed by atoms with Gasteiger partial charge in [0.15, 0.2) is 0 Å². The Morgan fingerprint density at radius 3 is 1.55 bits per heavy atom. The molecular weight excluding hydrogens is 414 g/mol. The number of amides is 2. The summed E-state index contributed by atoms with van der Waals surface area (Å²) in [7, 11) is 0. The van der Waals surface area contributed by atoms with E-state index in [1.54, 1.807) is 24.3 Å². The lowest BCUT2D eigenvalue weighted by atomic mass is 10.0. The summed E-state index contributed by atoms with van der Waals surface area (Å²) >= 11 is 0. The summed E-state index contributed by atoms with van der Waals surface area (Å²) in [6, 6.07) is 6.44. The van der Waals surface area contributed by atoms with Crippen molar-refractivity contribution in [1.82, 2.24) is 0 Å². The summed E-state index contributed by atoms with van der Waals surface area (Å²) in [5, 5.41) is 0. The predicted molar refractivity (Wildman–Crippen MR) is 133 cm³/mol. The molecule has 2 rings (SSSR count). The van der Waals surface area contributed by atoms with E-state index in [0.717, 1.165) is 17.7 Å². The summed E-state index contributed by atoms with van der Waals surface area (Å²) in [5.41, 5.74) is 0.470. The van der Waals surface area contributed by atoms with Gasteiger partial charge in [0.25, 0.3) is 11.8 Å². The van der Waals surface area contributed by atoms with Crippen LogP contribution in [0, 0.1) is 0 Å². The molecule has 0 saturated heterocycles. The molecule has 0 N–H and O–H groups in total. The molecule has 1 heterocycles. The Labute approximate surface area is 199 Å². The first-order chi connectivity index (χ1) is 16.1. The number of rotatable bonds is 18. The fourth-order valence-electron chi connectivity index (χ4n) is 4.14. The third-order valence-corrected chi connectivity index (χ3v) is 6.12. The molecule has 1 aromatic carbocycles. The van der Waals surface area contributed by atoms with E-state index in [1.165, 1.54) is 95.6 Å². The highest BCUT2D eigenvalue weighted by Crippen LogP contribution is 2.23. The van der Waals surface area contributed by atoms with Gasteiger partial charge in [0.2, 0.25) is 0 Å². The van der Waals surface area contributed by atoms with Crippen molar-refractivity contribution in [3.63, 3.8) is 0 Å². The van der Waals surface area contributed by atoms with Gasteiger partial charge in [-0.1, -0.05) is 96.8 Å². The normalized spacial score (nSPS) is 13.2. The Morgan fingerprint density at radius 2 is 1.09 bits per heavy atom. The van der Waals surface area contributed by atoms with Crippen LogP contribution in [-0.4, -0.2) is 17.8 Å². The molecular formula is C28H41NO4. The zero-order valence-electron chi connectivity index (χ0n) is 20.4. The lowest BCUT2D eigenvalue weighted by Gasteiger charge is -2.14. The SMILES string of the molecule is CCCCCCCCCCCCCCCCCC(=O)Oc1ccc(N2C(=O)C=CC2=O)cc1. The molecule has 182 valence electrons. The Hall–Kier alpha value is -2.43. The van der Waals surface area contributed by atoms with E-state index in [2.05, 4.69) is 6.92 Å². The van der Waals surface area contributed by atoms with Crippen molar-refractivity contribution in [2.24, 2.45) is 0 Å². The van der Waals surface area contributed by atoms with Crippen LogP contribution >= 0.6 is 0 Å². The van der Waals surface area contributed by atoms with Crippen molar-refractivity contribution in [3.8, 4) is 5.75 Å². The number of carbonyl (C=O) groups is 3. The largest absolute Gasteiger partial charge is 0.427 e. The van der Waals surface area contributed by atoms with Crippen LogP contribution in [0.2, 0.25) is 0 Å². The van der Waals surface area contributed by atoms with Gasteiger partial charge in [0.1, 0.15) is 5.75 Å². The smallest absolute Gasteiger partial charge is 0.311 e. The third-order valence-electron chi connectivity index (χ3n) is 6.12. The van der Waals surface area contributed by atoms with Gasteiger partial charge in [0, 0.05) is 18.6 Å². The highest BCUT2D eigenvalue weighted by molar-refractivity contribution is 6.28. The van der Waals surface area contributed by atoms with Crippen molar-refractivity contribution >= 4 is 23.5 Å². The summed E-state index contributed by atoms with van der Waals surface area (Å²) in [6.45, 7) is 2.26. The maximum absolute atomic E-state index is 12.0. The van der Waals surface area contributed by atoms with E-state index < -0.39 is 0 Å². The Kier molecular flexibility index (Phi) is 13.2. The molecule has 5 nitrogen and oxygen atoms in total. The number of hydrogen-bond acceptors (Lipinski definition) is 4. The number of unbranched alkanes of at least 4 members (excludes halogenated alkanes) is 14. The number of ether oxygens (including phenoxy) is 1. The topological polar surface area (TPSA) is 63.7 Å². The fraction of sp³-hybridized carbons (Fsp3) is 0.607. The van der Waals surface area contributed by atoms with Gasteiger partial charge in [-0.3, -0.25) is 14.4 Å². The van der Waals surface area contributed by atoms with Gasteiger partial charge in [-0.25, -0.2) is 4.90 Å². The minimum absolute atomic E-state index is 0.243. The van der Waals surface area contributed by atoms with E-state index in [-0.39, 0.29) is 17.8 Å². The van der Waals surface area contributed by atoms with Crippen LogP contribution in [0.15, 0.2) is 36.4 Å². The summed E-state index contributed by atoms with van der Waals surface area (Å²) in [5.74, 6) is -0.542. The van der Waals surface area contributed by atoms with Gasteiger partial charge in [0.05, 0.1) is 5.69 Å². The van der Waals surface area contributed by atoms with E-state index in [4.69, 9.17) is 4.74 Å². The number of esters is 1. The third kappa shape index (κ3) is 10.8. The van der Waals surface area contributed by atoms with Crippen molar-refractivity contribution in [1.29, 1.82) is 0 Å². The minimum Gasteiger partial charge on any atom is -0.427 e. The molecule has 0 aromatic heterocycles. The average molecular weight is 456 g/mol. The zero-order valence-corrected chi connectivity index (χ0v) is 20.4. The number of carbonyl (C=O) groups excluding carboxylic acids is 3. The molecule has 1 aromatic rings. The standard InChI is InChI=1S/C28H41NO4/c1-2-3-4-5-6-7-8-9-10-11-12-13-14-15-16-17-28(32)33-25-20-18-24(19-21-25)29-26(30)22-23-27(29)31/h18-23H,2-17H2,1H3. The maximum Gasteiger partial charge on any atom is 0.311 e. The first kappa shape index (κ1) is 26.8. The lowest BCUT2D eigenvalue weighted by Crippen LogP contribution is -2.29. The molecule has 0 saturated carbocycles. The van der Waals surface area contributed by atoms with Crippen LogP contribution < -0.4 is 9.64 Å². The minimum atomic E-state index is -0.363. The van der Waals surface area contributed by atoms with Crippen LogP contribution in [0.4, 0.5) is 5.69 Å². The highest BCUT2D eigenvalue weighted by Gasteiger charge is 2.24. The van der Waals surface area contributed by atoms with Crippen LogP contribution in [0.1, 0.15) is 110 Å². The van der Waals surface area contributed by atoms with Gasteiger partial charge < -0.3 is 4.74 Å². The van der Waals surface area contributed by atoms with Crippen molar-refractivity contribution < 1.29 is 19.1 Å². The number of nitrogens with zero attached hydrogens (tertiary/aromatic N) is 1. The molecule has 0 fully saturated rings. The monoisotopic (exact) mass is 455 g/mol. The van der Waals surface area contributed by atoms with Gasteiger partial charge in [-0.15, -0.1) is 0 Å². The fourth-order valence-corrected chi connectivity index (χ4v) is 4.14. The summed E-state index contributed by atoms with van der Waals surface area (Å²) in [4.78, 5) is 36.5. The van der Waals surface area contributed by atoms with Gasteiger partial charge >= 0.3 is 5.97 Å². The highest BCUT2D eigenvalue weighted by atomic mass is 16.5. The first-order valence-electron chi connectivity index (χ1n) is 13.0. The van der Waals surface area contributed by atoms with Crippen LogP contribution in [-0.2, 0) is 14.4 Å². The second-order valence-electron chi connectivity index (χ2n) is 9.01. The number of imide groups is 1. The second kappa shape index (κ2) is 16.2. The molecule has 0 unspecified atom stereocenters. The Morgan fingerprint density at radius 1 is 0.667 bits per heavy atom. The predicted octanol–water partition coefficient (Wildman–Crippen LogP) is 7.28. The molecule has 0 aliphatic carbocycles. The molecule has 1 aliphatic rings. The van der Waals surface area contributed by atoms with E-state index >= 15 is 0 Å². The Bertz CT molecular complexity index is 736. The van der Waals surface area contributed by atoms with Crippen LogP contribution in [0.25, 0.3) is 0 Å². The second-order valence-corrected chi connectivity index (χ2v) is 9.01. The molecule has 0 bridgehead atoms. The summed E-state index contributed by atoms with van der Waals surface area (Å²) < 4.78 is 5.36. The average Bonchev–Trinajstić information content (AvgIpc) is 3.15. The quantitative estimate of drug-likeness (QED) is 0.101. The van der Waals surface area contributed by atoms with Crippen molar-refractivity contribution in [2.75, 3.05) is 4.90 Å². The Balaban J connectivity index is 1.43. The lowest BCUT2D eigenvalue weighted by molar-refractivity contribution is -0.134. The molecule has 5 heteroatoms. The number of anilines is 1. The van der Waals surface area contributed by atoms with Crippen LogP contribution in [0.5, 0.6) is 5.75 Å². The van der Waals surface area contributed by atoms with E-state index in [0.29, 0.717) is 17.9 Å². The molecule has 2 amide bonds. The van der Waals surface area contributed by atoms with E-state index in [9.17, 15) is 14.4 Å².